The summed E-state index contributed by atoms with van der Waals surface area (Å²) in [4.78, 5) is 82.3. The third kappa shape index (κ3) is 31.4. The predicted molar refractivity (Wildman–Crippen MR) is 504 cm³/mol. The fourth-order valence-electron chi connectivity index (χ4n) is 10.0. The Morgan fingerprint density at radius 2 is 0.645 bits per heavy atom. The molecule has 0 saturated carbocycles. The summed E-state index contributed by atoms with van der Waals surface area (Å²) in [5, 5.41) is 14.2. The number of halogens is 2. The maximum absolute atomic E-state index is 12.2. The van der Waals surface area contributed by atoms with Crippen molar-refractivity contribution in [3.8, 4) is 85.7 Å². The van der Waals surface area contributed by atoms with E-state index in [4.69, 9.17) is 32.5 Å². The molecule has 7 aromatic heterocycles. The summed E-state index contributed by atoms with van der Waals surface area (Å²) in [7, 11) is 6.51. The summed E-state index contributed by atoms with van der Waals surface area (Å²) in [6.45, 7) is 5.24. The molecule has 124 heavy (non-hydrogen) atoms. The Morgan fingerprint density at radius 1 is 0.355 bits per heavy atom. The van der Waals surface area contributed by atoms with Gasteiger partial charge in [0.15, 0.2) is 50.8 Å². The van der Waals surface area contributed by atoms with Crippen LogP contribution < -0.4 is 50.3 Å². The Labute approximate surface area is 772 Å². The first kappa shape index (κ1) is 93.9. The van der Waals surface area contributed by atoms with Gasteiger partial charge < -0.3 is 59.1 Å². The summed E-state index contributed by atoms with van der Waals surface area (Å²) in [6, 6.07) is 67.8. The number of nitrogens with zero attached hydrogens (tertiary/aromatic N) is 10. The fraction of sp³-hybridized carbons (Fsp3) is 0.165. The van der Waals surface area contributed by atoms with E-state index < -0.39 is 0 Å². The molecule has 8 aromatic carbocycles. The Bertz CT molecular complexity index is 5660. The van der Waals surface area contributed by atoms with E-state index in [-0.39, 0.29) is 46.8 Å². The van der Waals surface area contributed by atoms with Crippen molar-refractivity contribution >= 4 is 195 Å². The summed E-state index contributed by atoms with van der Waals surface area (Å²) in [5.74, 6) is 9.61. The van der Waals surface area contributed by atoms with Crippen LogP contribution in [0.3, 0.4) is 0 Å². The van der Waals surface area contributed by atoms with Crippen molar-refractivity contribution in [3.05, 3.63) is 257 Å². The SMILES string of the molecule is CCOc1ccccc1NC(=O)CSc1nc(-c2ccc(OC)cc2)ns1.COc1ccc(-c2nsc(SCC(=O)NCc3ccco3)n2)cc1.COc1ccc(-c2nsc(SCC(=O)Nc3ccc(Br)cc3)n2)cc1.COc1ccc(-c2nsc(SCC(=O)Nc3ccc(C)cc3)n2)cc1.O=C(CSc1nc(-c2ccc(Br)cc2)ns1)NCc1ccco1. The second kappa shape index (κ2) is 50.2. The number of thioether (sulfide) groups is 5. The molecule has 39 heteroatoms. The van der Waals surface area contributed by atoms with Crippen LogP contribution in [-0.4, -0.2) is 140 Å². The van der Waals surface area contributed by atoms with E-state index in [1.807, 2.05) is 220 Å². The van der Waals surface area contributed by atoms with Crippen molar-refractivity contribution in [2.24, 2.45) is 0 Å². The number of anilines is 3. The van der Waals surface area contributed by atoms with Crippen LogP contribution in [0.5, 0.6) is 28.7 Å². The Kier molecular flexibility index (Phi) is 38.0. The lowest BCUT2D eigenvalue weighted by molar-refractivity contribution is -0.119. The molecule has 0 fully saturated rings. The maximum atomic E-state index is 12.2. The van der Waals surface area contributed by atoms with Gasteiger partial charge in [0.05, 0.1) is 95.1 Å². The number of nitrogens with one attached hydrogen (secondary N) is 5. The number of rotatable bonds is 33. The zero-order valence-electron chi connectivity index (χ0n) is 66.8. The Hall–Kier alpha value is -10.8. The average molecular weight is 1980 g/mol. The van der Waals surface area contributed by atoms with Gasteiger partial charge in [-0.05, 0) is 254 Å². The molecule has 0 aliphatic rings. The number of methoxy groups -OCH3 is 4. The van der Waals surface area contributed by atoms with Crippen molar-refractivity contribution in [2.75, 3.05) is 79.8 Å². The van der Waals surface area contributed by atoms with Crippen LogP contribution in [0.25, 0.3) is 56.9 Å². The summed E-state index contributed by atoms with van der Waals surface area (Å²) in [5.41, 5.74) is 8.02. The second-order valence-corrected chi connectivity index (χ2v) is 36.6. The lowest BCUT2D eigenvalue weighted by atomic mass is 10.2. The van der Waals surface area contributed by atoms with Gasteiger partial charge in [0.1, 0.15) is 40.3 Å². The van der Waals surface area contributed by atoms with Gasteiger partial charge in [-0.15, -0.1) is 0 Å². The standard InChI is InChI=1S/C19H19N3O3S2.C18H17N3O2S2.C17H14BrN3O2S2.C16H15N3O3S2.C15H12BrN3O2S2/c1-3-25-16-7-5-4-6-15(16)20-17(23)12-26-19-21-18(22-27-19)13-8-10-14(24-2)11-9-13;1-12-3-7-14(8-4-12)19-16(22)11-24-18-20-17(21-25-18)13-5-9-15(23-2)10-6-13;1-23-14-8-2-11(3-9-14)16-20-17(25-21-16)24-10-15(22)19-13-6-4-12(18)5-7-13;1-21-12-6-4-11(5-7-12)15-18-16(24-19-15)23-10-14(20)17-9-13-3-2-8-22-13;16-11-5-3-10(4-6-11)14-18-15(23-19-14)22-9-13(20)17-8-12-2-1-7-21-12/h4-11H,3,12H2,1-2H3,(H,20,23);3-10H,11H2,1-2H3,(H,19,22);2-9H,10H2,1H3,(H,19,22);2-8H,9-10H2,1H3,(H,17,20);1-7H,8-9H2,(H,17,20). The molecule has 0 atom stereocenters. The lowest BCUT2D eigenvalue weighted by Crippen LogP contribution is -2.24. The number of para-hydroxylation sites is 2. The number of carbonyl (C=O) groups is 5. The molecule has 0 spiro atoms. The van der Waals surface area contributed by atoms with Gasteiger partial charge in [-0.1, -0.05) is 133 Å². The van der Waals surface area contributed by atoms with E-state index in [0.29, 0.717) is 71.8 Å². The van der Waals surface area contributed by atoms with Crippen LogP contribution in [0.2, 0.25) is 0 Å². The van der Waals surface area contributed by atoms with Gasteiger partial charge in [0.25, 0.3) is 0 Å². The molecule has 0 bridgehead atoms. The minimum Gasteiger partial charge on any atom is -0.497 e. The molecule has 5 amide bonds. The number of aromatic nitrogens is 10. The Morgan fingerprint density at radius 3 is 0.952 bits per heavy atom. The Balaban J connectivity index is 0.000000151. The van der Waals surface area contributed by atoms with Crippen molar-refractivity contribution in [2.45, 2.75) is 48.6 Å². The number of carbonyl (C=O) groups excluding carboxylic acids is 5. The molecule has 0 radical (unpaired) electrons. The zero-order valence-corrected chi connectivity index (χ0v) is 78.1. The van der Waals surface area contributed by atoms with Crippen LogP contribution in [-0.2, 0) is 37.1 Å². The smallest absolute Gasteiger partial charge is 0.234 e. The molecule has 638 valence electrons. The van der Waals surface area contributed by atoms with Gasteiger partial charge in [0, 0.05) is 48.1 Å². The third-order valence-corrected chi connectivity index (χ3v) is 26.4. The first-order valence-electron chi connectivity index (χ1n) is 37.1. The number of furan rings is 2. The van der Waals surface area contributed by atoms with E-state index in [2.05, 4.69) is 105 Å². The van der Waals surface area contributed by atoms with Crippen molar-refractivity contribution in [1.29, 1.82) is 0 Å². The first-order chi connectivity index (χ1) is 60.4. The second-order valence-electron chi connectivity index (χ2n) is 24.9. The normalized spacial score (nSPS) is 10.5. The minimum atomic E-state index is -0.117. The van der Waals surface area contributed by atoms with Crippen LogP contribution in [0.1, 0.15) is 24.0 Å². The minimum absolute atomic E-state index is 0.0601. The van der Waals surface area contributed by atoms with Crippen LogP contribution in [0, 0.1) is 6.92 Å². The summed E-state index contributed by atoms with van der Waals surface area (Å²) in [6.07, 6.45) is 3.17. The van der Waals surface area contributed by atoms with Crippen molar-refractivity contribution in [1.82, 2.24) is 57.4 Å². The molecule has 0 aliphatic heterocycles. The van der Waals surface area contributed by atoms with E-state index in [1.54, 1.807) is 53.1 Å². The molecule has 27 nitrogen and oxygen atoms in total. The molecular weight excluding hydrogens is 1900 g/mol. The highest BCUT2D eigenvalue weighted by molar-refractivity contribution is 9.10. The van der Waals surface area contributed by atoms with Gasteiger partial charge >= 0.3 is 0 Å². The molecule has 5 N–H and O–H groups in total. The lowest BCUT2D eigenvalue weighted by Gasteiger charge is -2.10. The van der Waals surface area contributed by atoms with Gasteiger partial charge in [-0.25, -0.2) is 24.9 Å². The zero-order chi connectivity index (χ0) is 87.2. The van der Waals surface area contributed by atoms with Crippen LogP contribution in [0.15, 0.2) is 270 Å². The molecule has 0 saturated heterocycles. The molecule has 15 rings (SSSR count). The molecule has 7 heterocycles. The highest BCUT2D eigenvalue weighted by Crippen LogP contribution is 2.34. The van der Waals surface area contributed by atoms with Crippen molar-refractivity contribution < 1.29 is 56.5 Å². The topological polar surface area (TPSA) is 347 Å². The van der Waals surface area contributed by atoms with Crippen molar-refractivity contribution in [3.63, 3.8) is 0 Å². The van der Waals surface area contributed by atoms with Gasteiger partial charge in [-0.3, -0.25) is 24.0 Å². The number of amides is 5. The number of hydrogen-bond donors (Lipinski definition) is 5. The van der Waals surface area contributed by atoms with Gasteiger partial charge in [-0.2, -0.15) is 21.9 Å². The summed E-state index contributed by atoms with van der Waals surface area (Å²) < 4.78 is 63.9. The number of ether oxygens (including phenoxy) is 5. The predicted octanol–water partition coefficient (Wildman–Crippen LogP) is 20.5. The maximum Gasteiger partial charge on any atom is 0.234 e. The fourth-order valence-corrected chi connectivity index (χ4v) is 17.7. The van der Waals surface area contributed by atoms with E-state index in [0.717, 1.165) is 110 Å². The molecular formula is C85H77Br2N15O12S10. The van der Waals surface area contributed by atoms with Crippen LogP contribution in [0.4, 0.5) is 17.1 Å². The highest BCUT2D eigenvalue weighted by atomic mass is 79.9. The number of aryl methyl sites for hydroxylation is 1. The van der Waals surface area contributed by atoms with Gasteiger partial charge in [0.2, 0.25) is 29.5 Å². The van der Waals surface area contributed by atoms with E-state index in [1.165, 1.54) is 116 Å². The number of benzene rings is 8. The molecule has 0 aliphatic carbocycles. The third-order valence-electron chi connectivity index (χ3n) is 16.2. The van der Waals surface area contributed by atoms with Crippen LogP contribution >= 0.6 is 148 Å². The quantitative estimate of drug-likeness (QED) is 0.0239. The highest BCUT2D eigenvalue weighted by Gasteiger charge is 2.18. The molecule has 0 unspecified atom stereocenters. The monoisotopic (exact) mass is 1980 g/mol. The van der Waals surface area contributed by atoms with E-state index >= 15 is 0 Å². The molecule has 15 aromatic rings. The summed E-state index contributed by atoms with van der Waals surface area (Å²) >= 11 is 20.1. The van der Waals surface area contributed by atoms with E-state index in [9.17, 15) is 24.0 Å². The average Bonchev–Trinajstić information content (AvgIpc) is 1.73. The first-order valence-corrected chi connectivity index (χ1v) is 47.5. The largest absolute Gasteiger partial charge is 0.497 e. The number of hydrogen-bond acceptors (Lipinski definition) is 32.